The van der Waals surface area contributed by atoms with Crippen molar-refractivity contribution in [1.29, 1.82) is 0 Å². The maximum atomic E-state index is 13.6. The fraction of sp³-hybridized carbons (Fsp3) is 0.400. The van der Waals surface area contributed by atoms with Crippen LogP contribution in [0.15, 0.2) is 49.2 Å². The van der Waals surface area contributed by atoms with Crippen LogP contribution in [0.5, 0.6) is 5.75 Å². The molecule has 0 spiro atoms. The van der Waals surface area contributed by atoms with E-state index >= 15 is 0 Å². The summed E-state index contributed by atoms with van der Waals surface area (Å²) in [5.41, 5.74) is 0.592. The molecule has 1 heterocycles. The van der Waals surface area contributed by atoms with Crippen molar-refractivity contribution in [3.8, 4) is 5.75 Å². The van der Waals surface area contributed by atoms with Crippen molar-refractivity contribution in [3.05, 3.63) is 71.1 Å². The van der Waals surface area contributed by atoms with Crippen molar-refractivity contribution < 1.29 is 9.66 Å². The zero-order valence-corrected chi connectivity index (χ0v) is 22.7. The molecular formula is C25H26Br2N4O4. The van der Waals surface area contributed by atoms with E-state index in [0.717, 1.165) is 30.2 Å². The Labute approximate surface area is 219 Å². The summed E-state index contributed by atoms with van der Waals surface area (Å²) in [5, 5.41) is 16.7. The van der Waals surface area contributed by atoms with Gasteiger partial charge in [-0.2, -0.15) is 9.78 Å². The second kappa shape index (κ2) is 11.0. The minimum Gasteiger partial charge on any atom is -0.483 e. The van der Waals surface area contributed by atoms with Crippen LogP contribution in [0.4, 0.5) is 5.69 Å². The van der Waals surface area contributed by atoms with E-state index in [4.69, 9.17) is 9.72 Å². The number of fused-ring (bicyclic) bond motifs is 1. The fourth-order valence-electron chi connectivity index (χ4n) is 4.27. The highest BCUT2D eigenvalue weighted by Crippen LogP contribution is 2.35. The van der Waals surface area contributed by atoms with Crippen molar-refractivity contribution in [2.24, 2.45) is 5.10 Å². The molecule has 0 radical (unpaired) electrons. The van der Waals surface area contributed by atoms with Crippen LogP contribution in [0.1, 0.15) is 69.7 Å². The zero-order chi connectivity index (χ0) is 25.1. The molecule has 0 saturated heterocycles. The lowest BCUT2D eigenvalue weighted by atomic mass is 9.88. The molecule has 1 fully saturated rings. The number of nitro benzene ring substituents is 1. The fourth-order valence-corrected chi connectivity index (χ4v) is 5.09. The lowest BCUT2D eigenvalue weighted by Gasteiger charge is -2.23. The van der Waals surface area contributed by atoms with Crippen LogP contribution in [0.2, 0.25) is 0 Å². The van der Waals surface area contributed by atoms with Gasteiger partial charge in [0.25, 0.3) is 5.56 Å². The van der Waals surface area contributed by atoms with Gasteiger partial charge in [0.2, 0.25) is 5.75 Å². The normalized spacial score (nSPS) is 15.5. The van der Waals surface area contributed by atoms with E-state index in [-0.39, 0.29) is 29.0 Å². The molecule has 0 aliphatic heterocycles. The Hall–Kier alpha value is -2.59. The minimum atomic E-state index is -0.478. The number of hydrogen-bond acceptors (Lipinski definition) is 6. The monoisotopic (exact) mass is 604 g/mol. The number of benzene rings is 2. The average Bonchev–Trinajstić information content (AvgIpc) is 2.85. The first-order valence-corrected chi connectivity index (χ1v) is 13.3. The predicted octanol–water partition coefficient (Wildman–Crippen LogP) is 6.94. The number of aromatic nitrogens is 2. The first-order chi connectivity index (χ1) is 16.8. The largest absolute Gasteiger partial charge is 0.483 e. The molecule has 1 atom stereocenters. The molecule has 3 aromatic rings. The van der Waals surface area contributed by atoms with Crippen LogP contribution >= 0.6 is 31.9 Å². The highest BCUT2D eigenvalue weighted by atomic mass is 79.9. The second-order valence-electron chi connectivity index (χ2n) is 8.77. The van der Waals surface area contributed by atoms with Gasteiger partial charge in [0.1, 0.15) is 5.82 Å². The van der Waals surface area contributed by atoms with E-state index in [0.29, 0.717) is 33.2 Å². The standard InChI is InChI=1S/C25H26Br2N4O4/c1-3-15(2)35-23-17(11-19(27)13-22(23)31(33)34)14-28-30-24(16-7-5-4-6-8-16)29-21-10-9-18(26)12-20(21)25(30)32/h9-16H,3-8H2,1-2H3/t15-/m0/s1. The lowest BCUT2D eigenvalue weighted by molar-refractivity contribution is -0.386. The van der Waals surface area contributed by atoms with E-state index in [1.54, 1.807) is 12.1 Å². The molecule has 1 aromatic heterocycles. The second-order valence-corrected chi connectivity index (χ2v) is 10.6. The molecule has 184 valence electrons. The highest BCUT2D eigenvalue weighted by Gasteiger charge is 2.24. The number of halogens is 2. The molecule has 0 amide bonds. The van der Waals surface area contributed by atoms with E-state index in [9.17, 15) is 14.9 Å². The molecular weight excluding hydrogens is 580 g/mol. The molecule has 0 N–H and O–H groups in total. The summed E-state index contributed by atoms with van der Waals surface area (Å²) in [6, 6.07) is 8.54. The maximum Gasteiger partial charge on any atom is 0.312 e. The summed E-state index contributed by atoms with van der Waals surface area (Å²) in [4.78, 5) is 29.7. The minimum absolute atomic E-state index is 0.120. The Bertz CT molecular complexity index is 1350. The van der Waals surface area contributed by atoms with Gasteiger partial charge >= 0.3 is 5.69 Å². The van der Waals surface area contributed by atoms with Gasteiger partial charge in [0, 0.05) is 26.5 Å². The Morgan fingerprint density at radius 3 is 2.66 bits per heavy atom. The van der Waals surface area contributed by atoms with Crippen LogP contribution in [-0.2, 0) is 0 Å². The van der Waals surface area contributed by atoms with Crippen molar-refractivity contribution in [2.75, 3.05) is 0 Å². The van der Waals surface area contributed by atoms with Crippen molar-refractivity contribution in [2.45, 2.75) is 64.4 Å². The summed E-state index contributed by atoms with van der Waals surface area (Å²) in [5.74, 6) is 0.865. The SMILES string of the molecule is CC[C@H](C)Oc1c(C=Nn2c(C3CCCCC3)nc3ccc(Br)cc3c2=O)cc(Br)cc1[N+](=O)[O-]. The van der Waals surface area contributed by atoms with Crippen molar-refractivity contribution in [1.82, 2.24) is 9.66 Å². The van der Waals surface area contributed by atoms with Gasteiger partial charge in [-0.1, -0.05) is 58.0 Å². The first-order valence-electron chi connectivity index (χ1n) is 11.7. The van der Waals surface area contributed by atoms with E-state index in [1.807, 2.05) is 26.0 Å². The number of rotatable bonds is 7. The van der Waals surface area contributed by atoms with Crippen LogP contribution in [0.3, 0.4) is 0 Å². The topological polar surface area (TPSA) is 99.6 Å². The van der Waals surface area contributed by atoms with Gasteiger partial charge in [0.15, 0.2) is 0 Å². The van der Waals surface area contributed by atoms with E-state index in [2.05, 4.69) is 37.0 Å². The average molecular weight is 606 g/mol. The summed E-state index contributed by atoms with van der Waals surface area (Å²) < 4.78 is 8.57. The Morgan fingerprint density at radius 1 is 1.23 bits per heavy atom. The molecule has 1 aliphatic rings. The van der Waals surface area contributed by atoms with E-state index < -0.39 is 4.92 Å². The Balaban J connectivity index is 1.89. The number of ether oxygens (including phenoxy) is 1. The third kappa shape index (κ3) is 5.64. The highest BCUT2D eigenvalue weighted by molar-refractivity contribution is 9.10. The molecule has 4 rings (SSSR count). The van der Waals surface area contributed by atoms with Gasteiger partial charge in [-0.05, 0) is 50.5 Å². The summed E-state index contributed by atoms with van der Waals surface area (Å²) in [6.07, 6.45) is 7.10. The molecule has 1 saturated carbocycles. The third-order valence-electron chi connectivity index (χ3n) is 6.27. The molecule has 0 bridgehead atoms. The predicted molar refractivity (Wildman–Crippen MR) is 144 cm³/mol. The Kier molecular flexibility index (Phi) is 8.01. The quantitative estimate of drug-likeness (QED) is 0.165. The third-order valence-corrected chi connectivity index (χ3v) is 7.22. The summed E-state index contributed by atoms with van der Waals surface area (Å²) in [6.45, 7) is 3.79. The smallest absolute Gasteiger partial charge is 0.312 e. The molecule has 35 heavy (non-hydrogen) atoms. The Morgan fingerprint density at radius 2 is 1.97 bits per heavy atom. The molecule has 2 aromatic carbocycles. The lowest BCUT2D eigenvalue weighted by Crippen LogP contribution is -2.25. The van der Waals surface area contributed by atoms with Gasteiger partial charge in [0.05, 0.1) is 28.1 Å². The van der Waals surface area contributed by atoms with Crippen LogP contribution < -0.4 is 10.3 Å². The van der Waals surface area contributed by atoms with Gasteiger partial charge in [-0.25, -0.2) is 4.98 Å². The van der Waals surface area contributed by atoms with Gasteiger partial charge in [-0.15, -0.1) is 0 Å². The number of nitrogens with zero attached hydrogens (tertiary/aromatic N) is 4. The van der Waals surface area contributed by atoms with E-state index in [1.165, 1.54) is 23.4 Å². The summed E-state index contributed by atoms with van der Waals surface area (Å²) >= 11 is 6.78. The van der Waals surface area contributed by atoms with Gasteiger partial charge < -0.3 is 4.74 Å². The van der Waals surface area contributed by atoms with Crippen molar-refractivity contribution >= 4 is 54.7 Å². The van der Waals surface area contributed by atoms with Crippen LogP contribution in [0.25, 0.3) is 10.9 Å². The molecule has 1 aliphatic carbocycles. The number of hydrogen-bond donors (Lipinski definition) is 0. The molecule has 10 heteroatoms. The molecule has 0 unspecified atom stereocenters. The zero-order valence-electron chi connectivity index (χ0n) is 19.5. The maximum absolute atomic E-state index is 13.6. The first kappa shape index (κ1) is 25.5. The summed E-state index contributed by atoms with van der Waals surface area (Å²) in [7, 11) is 0. The number of nitro groups is 1. The van der Waals surface area contributed by atoms with Crippen LogP contribution in [0, 0.1) is 10.1 Å². The molecule has 8 nitrogen and oxygen atoms in total. The van der Waals surface area contributed by atoms with Crippen LogP contribution in [-0.4, -0.2) is 26.9 Å². The van der Waals surface area contributed by atoms with Crippen molar-refractivity contribution in [3.63, 3.8) is 0 Å². The van der Waals surface area contributed by atoms with Gasteiger partial charge in [-0.3, -0.25) is 14.9 Å².